The lowest BCUT2D eigenvalue weighted by Crippen LogP contribution is -2.60. The first kappa shape index (κ1) is 23.2. The summed E-state index contributed by atoms with van der Waals surface area (Å²) in [5.41, 5.74) is -0.0698. The van der Waals surface area contributed by atoms with Crippen molar-refractivity contribution in [2.24, 2.45) is 38.9 Å². The Morgan fingerprint density at radius 1 is 1.22 bits per heavy atom. The summed E-state index contributed by atoms with van der Waals surface area (Å²) in [6.07, 6.45) is 9.54. The second-order valence-electron chi connectivity index (χ2n) is 10.1. The van der Waals surface area contributed by atoms with E-state index in [2.05, 4.69) is 29.4 Å². The van der Waals surface area contributed by atoms with Crippen LogP contribution in [0.4, 0.5) is 0 Å². The lowest BCUT2D eigenvalue weighted by molar-refractivity contribution is -0.149. The van der Waals surface area contributed by atoms with Crippen LogP contribution in [-0.2, 0) is 14.5 Å². The predicted octanol–water partition coefficient (Wildman–Crippen LogP) is 3.41. The molecule has 176 valence electrons. The lowest BCUT2D eigenvalue weighted by Gasteiger charge is -2.57. The lowest BCUT2D eigenvalue weighted by atomic mass is 9.46. The van der Waals surface area contributed by atoms with E-state index in [1.54, 1.807) is 0 Å². The van der Waals surface area contributed by atoms with Crippen molar-refractivity contribution in [3.63, 3.8) is 0 Å². The van der Waals surface area contributed by atoms with Gasteiger partial charge in [0.25, 0.3) is 0 Å². The molecule has 2 N–H and O–H groups in total. The van der Waals surface area contributed by atoms with E-state index in [-0.39, 0.29) is 47.7 Å². The summed E-state index contributed by atoms with van der Waals surface area (Å²) in [6.45, 7) is 8.39. The first-order chi connectivity index (χ1) is 15.2. The fraction of sp³-hybridized carbons (Fsp3) is 0.720. The highest BCUT2D eigenvalue weighted by Gasteiger charge is 2.67. The molecule has 0 heterocycles. The maximum absolute atomic E-state index is 13.7. The van der Waals surface area contributed by atoms with Crippen molar-refractivity contribution in [1.29, 1.82) is 0 Å². The second kappa shape index (κ2) is 8.41. The second-order valence-corrected chi connectivity index (χ2v) is 10.1. The van der Waals surface area contributed by atoms with E-state index in [0.717, 1.165) is 25.0 Å². The number of hydrogen-bond acceptors (Lipinski definition) is 7. The molecule has 7 heteroatoms. The molecule has 0 radical (unpaired) electrons. The van der Waals surface area contributed by atoms with Gasteiger partial charge in [-0.1, -0.05) is 35.8 Å². The zero-order chi connectivity index (χ0) is 23.1. The highest BCUT2D eigenvalue weighted by atomic mass is 16.6. The SMILES string of the molecule is CCO/N=C1/C=C[C@@]2(C)C(=C1)CC[C@@H]1[C@@H]2C(=O)C[C@@]2(C)[C@H]1CC[C@]2(O)/C(CO)=N\OCC. The average Bonchev–Trinajstić information content (AvgIpc) is 3.03. The van der Waals surface area contributed by atoms with Gasteiger partial charge in [-0.2, -0.15) is 0 Å². The third kappa shape index (κ3) is 3.27. The quantitative estimate of drug-likeness (QED) is 0.483. The van der Waals surface area contributed by atoms with Gasteiger partial charge in [-0.05, 0) is 63.5 Å². The molecule has 0 unspecified atom stereocenters. The standard InChI is InChI=1S/C25H36N2O5/c1-5-31-26-17-9-11-23(3)16(13-17)7-8-18-19-10-12-25(30,21(15-28)27-32-6-2)24(19,4)14-20(29)22(18)23/h9,11,13,18-19,22,28,30H,5-8,10,12,14-15H2,1-4H3/b26-17-,27-21-/t18-,19-,22+,23-,24-,25-/m0/s1. The molecule has 3 saturated carbocycles. The van der Waals surface area contributed by atoms with Gasteiger partial charge < -0.3 is 19.9 Å². The Bertz CT molecular complexity index is 893. The van der Waals surface area contributed by atoms with Crippen LogP contribution >= 0.6 is 0 Å². The molecule has 0 spiro atoms. The first-order valence-corrected chi connectivity index (χ1v) is 11.9. The minimum absolute atomic E-state index is 0.116. The number of oxime groups is 2. The Labute approximate surface area is 190 Å². The number of aliphatic hydroxyl groups excluding tert-OH is 1. The van der Waals surface area contributed by atoms with Crippen molar-refractivity contribution < 1.29 is 24.7 Å². The number of hydrogen-bond donors (Lipinski definition) is 2. The fourth-order valence-electron chi connectivity index (χ4n) is 7.09. The smallest absolute Gasteiger partial charge is 0.138 e. The van der Waals surface area contributed by atoms with Crippen molar-refractivity contribution in [1.82, 2.24) is 0 Å². The van der Waals surface area contributed by atoms with E-state index >= 15 is 0 Å². The Kier molecular flexibility index (Phi) is 6.09. The zero-order valence-electron chi connectivity index (χ0n) is 19.6. The molecule has 0 bridgehead atoms. The number of nitrogens with zero attached hydrogens (tertiary/aromatic N) is 2. The number of allylic oxidation sites excluding steroid dienone is 4. The molecule has 0 amide bonds. The van der Waals surface area contributed by atoms with Gasteiger partial charge in [0.05, 0.1) is 6.61 Å². The van der Waals surface area contributed by atoms with E-state index in [0.29, 0.717) is 19.6 Å². The molecule has 0 aromatic carbocycles. The van der Waals surface area contributed by atoms with Crippen LogP contribution in [0, 0.1) is 28.6 Å². The summed E-state index contributed by atoms with van der Waals surface area (Å²) in [5.74, 6) is 0.429. The number of carbonyl (C=O) groups is 1. The third-order valence-corrected chi connectivity index (χ3v) is 8.65. The molecule has 4 aliphatic carbocycles. The van der Waals surface area contributed by atoms with Crippen LogP contribution in [0.5, 0.6) is 0 Å². The topological polar surface area (TPSA) is 101 Å². The van der Waals surface area contributed by atoms with E-state index in [1.165, 1.54) is 5.57 Å². The van der Waals surface area contributed by atoms with E-state index in [1.807, 2.05) is 26.8 Å². The van der Waals surface area contributed by atoms with Crippen molar-refractivity contribution in [3.8, 4) is 0 Å². The fourth-order valence-corrected chi connectivity index (χ4v) is 7.09. The summed E-state index contributed by atoms with van der Waals surface area (Å²) < 4.78 is 0. The summed E-state index contributed by atoms with van der Waals surface area (Å²) >= 11 is 0. The molecule has 3 fully saturated rings. The molecule has 0 aromatic rings. The molecular formula is C25H36N2O5. The first-order valence-electron chi connectivity index (χ1n) is 11.9. The number of Topliss-reactive ketones (excluding diaryl/α,β-unsaturated/α-hetero) is 1. The van der Waals surface area contributed by atoms with Crippen LogP contribution in [0.25, 0.3) is 0 Å². The maximum atomic E-state index is 13.7. The van der Waals surface area contributed by atoms with Crippen molar-refractivity contribution in [2.45, 2.75) is 65.4 Å². The molecule has 4 aliphatic rings. The number of ketones is 1. The number of carbonyl (C=O) groups excluding carboxylic acids is 1. The summed E-state index contributed by atoms with van der Waals surface area (Å²) in [5, 5.41) is 30.0. The largest absolute Gasteiger partial charge is 0.396 e. The monoisotopic (exact) mass is 444 g/mol. The van der Waals surface area contributed by atoms with Crippen molar-refractivity contribution in [2.75, 3.05) is 19.8 Å². The Morgan fingerprint density at radius 3 is 2.66 bits per heavy atom. The highest BCUT2D eigenvalue weighted by Crippen LogP contribution is 2.66. The molecule has 0 saturated heterocycles. The molecular weight excluding hydrogens is 408 g/mol. The van der Waals surface area contributed by atoms with Gasteiger partial charge in [0.2, 0.25) is 0 Å². The normalized spacial score (nSPS) is 42.2. The van der Waals surface area contributed by atoms with Gasteiger partial charge in [0, 0.05) is 23.2 Å². The molecule has 7 nitrogen and oxygen atoms in total. The number of fused-ring (bicyclic) bond motifs is 5. The van der Waals surface area contributed by atoms with E-state index < -0.39 is 11.0 Å². The number of rotatable bonds is 6. The Hall–Kier alpha value is -1.99. The van der Waals surface area contributed by atoms with Gasteiger partial charge in [-0.25, -0.2) is 0 Å². The van der Waals surface area contributed by atoms with E-state index in [9.17, 15) is 15.0 Å². The van der Waals surface area contributed by atoms with Gasteiger partial charge in [0.15, 0.2) is 0 Å². The molecule has 32 heavy (non-hydrogen) atoms. The van der Waals surface area contributed by atoms with Crippen LogP contribution in [0.3, 0.4) is 0 Å². The van der Waals surface area contributed by atoms with Crippen molar-refractivity contribution in [3.05, 3.63) is 23.8 Å². The van der Waals surface area contributed by atoms with Crippen LogP contribution in [0.1, 0.15) is 59.8 Å². The van der Waals surface area contributed by atoms with Crippen LogP contribution < -0.4 is 0 Å². The predicted molar refractivity (Wildman–Crippen MR) is 122 cm³/mol. The minimum atomic E-state index is -1.33. The highest BCUT2D eigenvalue weighted by molar-refractivity contribution is 6.06. The van der Waals surface area contributed by atoms with E-state index in [4.69, 9.17) is 9.68 Å². The van der Waals surface area contributed by atoms with Gasteiger partial charge in [-0.3, -0.25) is 4.79 Å². The zero-order valence-corrected chi connectivity index (χ0v) is 19.6. The van der Waals surface area contributed by atoms with Gasteiger partial charge >= 0.3 is 0 Å². The summed E-state index contributed by atoms with van der Waals surface area (Å²) in [4.78, 5) is 24.2. The van der Waals surface area contributed by atoms with Gasteiger partial charge in [0.1, 0.15) is 36.0 Å². The van der Waals surface area contributed by atoms with Crippen molar-refractivity contribution >= 4 is 17.2 Å². The number of aliphatic hydroxyl groups is 2. The van der Waals surface area contributed by atoms with Crippen LogP contribution in [0.15, 0.2) is 34.1 Å². The summed E-state index contributed by atoms with van der Waals surface area (Å²) in [6, 6.07) is 0. The minimum Gasteiger partial charge on any atom is -0.396 e. The molecule has 4 rings (SSSR count). The third-order valence-electron chi connectivity index (χ3n) is 8.65. The Balaban J connectivity index is 1.68. The average molecular weight is 445 g/mol. The molecule has 6 atom stereocenters. The molecule has 0 aliphatic heterocycles. The maximum Gasteiger partial charge on any atom is 0.138 e. The Morgan fingerprint density at radius 2 is 1.97 bits per heavy atom. The van der Waals surface area contributed by atoms with Crippen LogP contribution in [0.2, 0.25) is 0 Å². The van der Waals surface area contributed by atoms with Gasteiger partial charge in [-0.15, -0.1) is 0 Å². The molecule has 0 aromatic heterocycles. The summed E-state index contributed by atoms with van der Waals surface area (Å²) in [7, 11) is 0. The van der Waals surface area contributed by atoms with Crippen LogP contribution in [-0.4, -0.2) is 52.8 Å².